The highest BCUT2D eigenvalue weighted by Gasteiger charge is 2.56. The second-order valence-corrected chi connectivity index (χ2v) is 12.7. The van der Waals surface area contributed by atoms with Crippen molar-refractivity contribution in [3.8, 4) is 11.6 Å². The Morgan fingerprint density at radius 1 is 1.32 bits per heavy atom. The van der Waals surface area contributed by atoms with Gasteiger partial charge in [0.25, 0.3) is 0 Å². The first kappa shape index (κ1) is 30.0. The molecule has 4 N–H and O–H groups in total. The Hall–Kier alpha value is -2.94. The van der Waals surface area contributed by atoms with E-state index in [0.717, 1.165) is 0 Å². The van der Waals surface area contributed by atoms with Crippen LogP contribution in [-0.4, -0.2) is 74.3 Å². The van der Waals surface area contributed by atoms with Crippen LogP contribution in [0.5, 0.6) is 11.6 Å². The van der Waals surface area contributed by atoms with Crippen LogP contribution in [0.1, 0.15) is 33.9 Å². The Bertz CT molecular complexity index is 1390. The van der Waals surface area contributed by atoms with Crippen molar-refractivity contribution >= 4 is 41.5 Å². The van der Waals surface area contributed by atoms with Gasteiger partial charge >= 0.3 is 12.6 Å². The maximum Gasteiger partial charge on any atom is 0.323 e. The average Bonchev–Trinajstić information content (AvgIpc) is 3.40. The number of fused-ring (bicyclic) bond motifs is 1. The van der Waals surface area contributed by atoms with E-state index in [1.165, 1.54) is 24.9 Å². The minimum absolute atomic E-state index is 0.107. The summed E-state index contributed by atoms with van der Waals surface area (Å²) in [6, 6.07) is 7.74. The zero-order valence-corrected chi connectivity index (χ0v) is 24.3. The molecule has 3 aromatic rings. The van der Waals surface area contributed by atoms with Gasteiger partial charge in [0.1, 0.15) is 24.0 Å². The van der Waals surface area contributed by atoms with Gasteiger partial charge in [-0.05, 0) is 51.6 Å². The molecule has 6 atom stereocenters. The van der Waals surface area contributed by atoms with Crippen LogP contribution in [0.4, 0.5) is 10.3 Å². The predicted octanol–water partition coefficient (Wildman–Crippen LogP) is 2.65. The van der Waals surface area contributed by atoms with Crippen LogP contribution in [0.25, 0.3) is 11.2 Å². The highest BCUT2D eigenvalue weighted by atomic mass is 32.5. The van der Waals surface area contributed by atoms with Crippen LogP contribution < -0.4 is 20.1 Å². The van der Waals surface area contributed by atoms with E-state index < -0.39 is 42.8 Å². The lowest BCUT2D eigenvalue weighted by Crippen LogP contribution is -2.41. The largest absolute Gasteiger partial charge is 0.479 e. The number of benzene rings is 1. The normalized spacial score (nSPS) is 25.1. The number of methoxy groups -OCH3 is 1. The van der Waals surface area contributed by atoms with E-state index in [1.54, 1.807) is 51.1 Å². The number of nitrogen functional groups attached to an aromatic ring is 1. The van der Waals surface area contributed by atoms with Gasteiger partial charge < -0.3 is 34.1 Å². The number of imidazole rings is 1. The molecule has 0 amide bonds. The molecule has 6 unspecified atom stereocenters. The van der Waals surface area contributed by atoms with Crippen molar-refractivity contribution in [1.29, 1.82) is 0 Å². The SMILES string of the molecule is COc1nc(N)nc2c1ncn2C1OC(COP(=S)(NC(C)C(=O)OC(C)C)Oc2ccccc2)C(O)C1(C)F. The first-order valence-corrected chi connectivity index (χ1v) is 15.0. The third-order valence-electron chi connectivity index (χ3n) is 6.00. The molecule has 16 heteroatoms. The Balaban J connectivity index is 1.56. The highest BCUT2D eigenvalue weighted by Crippen LogP contribution is 2.48. The van der Waals surface area contributed by atoms with Gasteiger partial charge in [-0.3, -0.25) is 9.36 Å². The zero-order valence-electron chi connectivity index (χ0n) is 22.6. The van der Waals surface area contributed by atoms with Crippen molar-refractivity contribution in [1.82, 2.24) is 24.6 Å². The molecule has 0 bridgehead atoms. The van der Waals surface area contributed by atoms with Gasteiger partial charge in [0.05, 0.1) is 26.1 Å². The molecule has 13 nitrogen and oxygen atoms in total. The number of nitrogens with zero attached hydrogens (tertiary/aromatic N) is 4. The molecule has 1 saturated heterocycles. The Morgan fingerprint density at radius 3 is 2.67 bits per heavy atom. The number of anilines is 1. The topological polar surface area (TPSA) is 165 Å². The van der Waals surface area contributed by atoms with E-state index in [4.69, 9.17) is 40.8 Å². The summed E-state index contributed by atoms with van der Waals surface area (Å²) in [4.78, 5) is 24.8. The number of ether oxygens (including phenoxy) is 3. The monoisotopic (exact) mass is 598 g/mol. The average molecular weight is 599 g/mol. The van der Waals surface area contributed by atoms with E-state index in [9.17, 15) is 9.90 Å². The summed E-state index contributed by atoms with van der Waals surface area (Å²) < 4.78 is 45.6. The number of carbonyl (C=O) groups is 1. The van der Waals surface area contributed by atoms with Crippen molar-refractivity contribution in [3.63, 3.8) is 0 Å². The minimum Gasteiger partial charge on any atom is -0.479 e. The summed E-state index contributed by atoms with van der Waals surface area (Å²) in [6.07, 6.45) is -3.22. The summed E-state index contributed by atoms with van der Waals surface area (Å²) in [5, 5.41) is 13.8. The summed E-state index contributed by atoms with van der Waals surface area (Å²) >= 11 is 5.69. The fourth-order valence-electron chi connectivity index (χ4n) is 4.08. The highest BCUT2D eigenvalue weighted by molar-refractivity contribution is 8.09. The van der Waals surface area contributed by atoms with Crippen molar-refractivity contribution in [2.24, 2.45) is 0 Å². The number of aromatic nitrogens is 4. The van der Waals surface area contributed by atoms with Gasteiger partial charge in [-0.1, -0.05) is 18.2 Å². The summed E-state index contributed by atoms with van der Waals surface area (Å²) in [6.45, 7) is 2.37. The number of nitrogens with two attached hydrogens (primary N) is 1. The summed E-state index contributed by atoms with van der Waals surface area (Å²) in [5.74, 6) is -0.170. The molecule has 0 aliphatic carbocycles. The lowest BCUT2D eigenvalue weighted by Gasteiger charge is -2.28. The molecule has 3 heterocycles. The molecule has 1 aliphatic heterocycles. The lowest BCUT2D eigenvalue weighted by molar-refractivity contribution is -0.149. The number of nitrogens with one attached hydrogen (secondary N) is 1. The number of carbonyl (C=O) groups excluding carboxylic acids is 1. The Morgan fingerprint density at radius 2 is 2.02 bits per heavy atom. The molecule has 1 aliphatic rings. The molecular weight excluding hydrogens is 566 g/mol. The Labute approximate surface area is 235 Å². The first-order valence-electron chi connectivity index (χ1n) is 12.4. The molecule has 0 radical (unpaired) electrons. The second-order valence-electron chi connectivity index (χ2n) is 9.57. The summed E-state index contributed by atoms with van der Waals surface area (Å²) in [5.41, 5.74) is 3.88. The quantitative estimate of drug-likeness (QED) is 0.218. The maximum absolute atomic E-state index is 16.0. The molecule has 1 fully saturated rings. The summed E-state index contributed by atoms with van der Waals surface area (Å²) in [7, 11) is 1.39. The van der Waals surface area contributed by atoms with E-state index >= 15 is 4.39 Å². The third kappa shape index (κ3) is 6.35. The molecule has 4 rings (SSSR count). The van der Waals surface area contributed by atoms with Gasteiger partial charge in [-0.15, -0.1) is 0 Å². The molecule has 0 saturated carbocycles. The van der Waals surface area contributed by atoms with Crippen LogP contribution >= 0.6 is 6.64 Å². The number of esters is 1. The van der Waals surface area contributed by atoms with Gasteiger partial charge in [-0.25, -0.2) is 14.5 Å². The fourth-order valence-corrected chi connectivity index (χ4v) is 6.49. The van der Waals surface area contributed by atoms with Gasteiger partial charge in [0.15, 0.2) is 23.1 Å². The van der Waals surface area contributed by atoms with Gasteiger partial charge in [0, 0.05) is 0 Å². The number of hydrogen-bond acceptors (Lipinski definition) is 12. The smallest absolute Gasteiger partial charge is 0.323 e. The number of aliphatic hydroxyl groups is 1. The molecule has 1 aromatic carbocycles. The van der Waals surface area contributed by atoms with Gasteiger partial charge in [-0.2, -0.15) is 9.97 Å². The van der Waals surface area contributed by atoms with Crippen molar-refractivity contribution in [3.05, 3.63) is 36.7 Å². The molecule has 0 spiro atoms. The fraction of sp³-hybridized carbons (Fsp3) is 0.500. The van der Waals surface area contributed by atoms with E-state index in [0.29, 0.717) is 5.75 Å². The van der Waals surface area contributed by atoms with Crippen molar-refractivity contribution < 1.29 is 37.5 Å². The number of aliphatic hydroxyl groups excluding tert-OH is 1. The van der Waals surface area contributed by atoms with Gasteiger partial charge in [0.2, 0.25) is 11.8 Å². The van der Waals surface area contributed by atoms with Crippen LogP contribution in [0.2, 0.25) is 0 Å². The zero-order chi connectivity index (χ0) is 29.2. The van der Waals surface area contributed by atoms with Crippen molar-refractivity contribution in [2.45, 2.75) is 63.9 Å². The molecule has 2 aromatic heterocycles. The van der Waals surface area contributed by atoms with Crippen LogP contribution in [0.3, 0.4) is 0 Å². The van der Waals surface area contributed by atoms with Crippen LogP contribution in [0.15, 0.2) is 36.7 Å². The van der Waals surface area contributed by atoms with E-state index in [-0.39, 0.29) is 35.7 Å². The maximum atomic E-state index is 16.0. The molecule has 218 valence electrons. The van der Waals surface area contributed by atoms with E-state index in [2.05, 4.69) is 20.0 Å². The minimum atomic E-state index is -3.46. The van der Waals surface area contributed by atoms with E-state index in [1.807, 2.05) is 0 Å². The first-order chi connectivity index (χ1) is 18.8. The van der Waals surface area contributed by atoms with Crippen molar-refractivity contribution in [2.75, 3.05) is 19.5 Å². The molecule has 40 heavy (non-hydrogen) atoms. The van der Waals surface area contributed by atoms with Crippen LogP contribution in [-0.2, 0) is 30.6 Å². The van der Waals surface area contributed by atoms with Crippen LogP contribution in [0, 0.1) is 0 Å². The Kier molecular flexibility index (Phi) is 8.93. The number of alkyl halides is 1. The second kappa shape index (κ2) is 11.9. The standard InChI is InChI=1S/C24H32FN6O7PS/c1-13(2)36-21(33)14(3)30-39(40,38-15-9-7-6-8-10-15)35-11-16-18(32)24(4,25)22(37-16)31-12-27-17-19(31)28-23(26)29-20(17)34-5/h6-10,12-14,16,18,22,32H,11H2,1-5H3,(H,30,40)(H2,26,28,29). The number of para-hydroxylation sites is 1. The molecular formula is C24H32FN6O7PS. The third-order valence-corrected chi connectivity index (χ3v) is 8.50. The number of rotatable bonds is 11. The predicted molar refractivity (Wildman–Crippen MR) is 147 cm³/mol. The number of hydrogen-bond donors (Lipinski definition) is 3. The number of halogens is 1. The lowest BCUT2D eigenvalue weighted by atomic mass is 9.98.